The number of alkyl halides is 3. The Labute approximate surface area is 231 Å². The molecule has 1 saturated heterocycles. The fraction of sp³-hybridized carbons (Fsp3) is 0.296. The van der Waals surface area contributed by atoms with Crippen molar-refractivity contribution in [2.45, 2.75) is 12.6 Å². The third kappa shape index (κ3) is 3.87. The van der Waals surface area contributed by atoms with Crippen LogP contribution in [0.2, 0.25) is 0 Å². The number of aromatic amines is 1. The van der Waals surface area contributed by atoms with Crippen LogP contribution in [0.3, 0.4) is 0 Å². The van der Waals surface area contributed by atoms with E-state index in [0.717, 1.165) is 27.6 Å². The summed E-state index contributed by atoms with van der Waals surface area (Å²) in [4.78, 5) is 25.7. The largest absolute Gasteiger partial charge is 0.417 e. The summed E-state index contributed by atoms with van der Waals surface area (Å²) in [6, 6.07) is 8.21. The first-order valence-electron chi connectivity index (χ1n) is 13.0. The van der Waals surface area contributed by atoms with Crippen LogP contribution in [0.1, 0.15) is 16.8 Å². The Kier molecular flexibility index (Phi) is 5.46. The van der Waals surface area contributed by atoms with E-state index in [0.29, 0.717) is 61.4 Å². The van der Waals surface area contributed by atoms with Gasteiger partial charge in [-0.25, -0.2) is 9.78 Å². The number of benzene rings is 1. The van der Waals surface area contributed by atoms with E-state index in [4.69, 9.17) is 5.26 Å². The van der Waals surface area contributed by atoms with Gasteiger partial charge in [-0.15, -0.1) is 5.10 Å². The summed E-state index contributed by atoms with van der Waals surface area (Å²) >= 11 is 0. The number of halogens is 3. The summed E-state index contributed by atoms with van der Waals surface area (Å²) < 4.78 is 46.7. The lowest BCUT2D eigenvalue weighted by Crippen LogP contribution is -2.50. The van der Waals surface area contributed by atoms with Crippen LogP contribution in [0.4, 0.5) is 29.5 Å². The summed E-state index contributed by atoms with van der Waals surface area (Å²) in [6.45, 7) is 2.35. The van der Waals surface area contributed by atoms with Gasteiger partial charge in [0.25, 0.3) is 0 Å². The Morgan fingerprint density at radius 3 is 2.68 bits per heavy atom. The molecule has 0 atom stereocenters. The second-order valence-corrected chi connectivity index (χ2v) is 10.2. The topological polar surface area (TPSA) is 114 Å². The summed E-state index contributed by atoms with van der Waals surface area (Å²) in [5.74, 6) is 0.858. The molecule has 14 heteroatoms. The molecule has 5 aromatic rings. The van der Waals surface area contributed by atoms with Crippen LogP contribution in [-0.2, 0) is 12.6 Å². The number of carbonyl (C=O) groups excluding carboxylic acids is 1. The van der Waals surface area contributed by atoms with Crippen LogP contribution in [0.15, 0.2) is 43.0 Å². The first-order valence-corrected chi connectivity index (χ1v) is 13.0. The number of anilines is 2. The highest BCUT2D eigenvalue weighted by atomic mass is 19.4. The summed E-state index contributed by atoms with van der Waals surface area (Å²) in [6.07, 6.45) is 0.650. The molecule has 2 aliphatic rings. The Morgan fingerprint density at radius 1 is 1.15 bits per heavy atom. The predicted octanol–water partition coefficient (Wildman–Crippen LogP) is 3.75. The molecule has 11 nitrogen and oxygen atoms in total. The lowest BCUT2D eigenvalue weighted by atomic mass is 9.92. The molecule has 0 spiro atoms. The van der Waals surface area contributed by atoms with Crippen molar-refractivity contribution in [3.63, 3.8) is 0 Å². The number of H-pyrrole nitrogens is 1. The highest BCUT2D eigenvalue weighted by Crippen LogP contribution is 2.48. The molecule has 1 amide bonds. The van der Waals surface area contributed by atoms with Gasteiger partial charge in [0.15, 0.2) is 5.69 Å². The maximum atomic E-state index is 14.5. The molecule has 0 bridgehead atoms. The molecule has 7 rings (SSSR count). The Bertz CT molecular complexity index is 1870. The monoisotopic (exact) mass is 560 g/mol. The quantitative estimate of drug-likeness (QED) is 0.332. The number of likely N-dealkylation sites (N-methyl/N-ethyl adjacent to an activating group) is 1. The van der Waals surface area contributed by atoms with Crippen molar-refractivity contribution in [2.75, 3.05) is 49.6 Å². The molecule has 0 unspecified atom stereocenters. The fourth-order valence-electron chi connectivity index (χ4n) is 5.97. The van der Waals surface area contributed by atoms with Crippen LogP contribution in [0.5, 0.6) is 0 Å². The average molecular weight is 561 g/mol. The molecule has 1 fully saturated rings. The molecule has 208 valence electrons. The van der Waals surface area contributed by atoms with Crippen LogP contribution in [-0.4, -0.2) is 80.1 Å². The molecule has 0 radical (unpaired) electrons. The van der Waals surface area contributed by atoms with Crippen molar-refractivity contribution in [3.05, 3.63) is 59.8 Å². The average Bonchev–Trinajstić information content (AvgIpc) is 3.72. The van der Waals surface area contributed by atoms with E-state index >= 15 is 0 Å². The van der Waals surface area contributed by atoms with Gasteiger partial charge in [-0.3, -0.25) is 0 Å². The summed E-state index contributed by atoms with van der Waals surface area (Å²) in [5.41, 5.74) is 2.97. The van der Waals surface area contributed by atoms with E-state index in [1.165, 1.54) is 12.5 Å². The first kappa shape index (κ1) is 24.9. The maximum Gasteiger partial charge on any atom is 0.417 e. The minimum Gasteiger partial charge on any atom is -0.372 e. The molecule has 0 aliphatic carbocycles. The van der Waals surface area contributed by atoms with E-state index in [2.05, 4.69) is 25.2 Å². The van der Waals surface area contributed by atoms with Gasteiger partial charge in [-0.2, -0.15) is 23.1 Å². The van der Waals surface area contributed by atoms with Crippen molar-refractivity contribution >= 4 is 34.1 Å². The van der Waals surface area contributed by atoms with Gasteiger partial charge in [0.2, 0.25) is 0 Å². The molecule has 41 heavy (non-hydrogen) atoms. The molecular formula is C27H23F3N10O. The Morgan fingerprint density at radius 2 is 1.95 bits per heavy atom. The van der Waals surface area contributed by atoms with E-state index in [9.17, 15) is 18.0 Å². The van der Waals surface area contributed by atoms with Gasteiger partial charge < -0.3 is 24.1 Å². The van der Waals surface area contributed by atoms with Crippen molar-refractivity contribution in [1.29, 1.82) is 5.26 Å². The molecule has 6 heterocycles. The van der Waals surface area contributed by atoms with Crippen LogP contribution < -0.4 is 9.80 Å². The van der Waals surface area contributed by atoms with Gasteiger partial charge >= 0.3 is 12.2 Å². The minimum atomic E-state index is -4.58. The van der Waals surface area contributed by atoms with Gasteiger partial charge in [0.05, 0.1) is 34.8 Å². The Hall–Kier alpha value is -5.06. The zero-order chi connectivity index (χ0) is 28.5. The van der Waals surface area contributed by atoms with Crippen molar-refractivity contribution in [3.8, 4) is 17.2 Å². The van der Waals surface area contributed by atoms with Gasteiger partial charge in [-0.1, -0.05) is 11.3 Å². The highest BCUT2D eigenvalue weighted by Gasteiger charge is 2.38. The number of aromatic nitrogens is 6. The number of pyridine rings is 1. The van der Waals surface area contributed by atoms with Crippen LogP contribution in [0, 0.1) is 11.3 Å². The van der Waals surface area contributed by atoms with E-state index in [-0.39, 0.29) is 17.3 Å². The minimum absolute atomic E-state index is 0.0613. The number of nitriles is 1. The fourth-order valence-corrected chi connectivity index (χ4v) is 5.97. The summed E-state index contributed by atoms with van der Waals surface area (Å²) in [5, 5.41) is 16.4. The number of nitrogens with one attached hydrogen (secondary N) is 1. The second-order valence-electron chi connectivity index (χ2n) is 10.2. The smallest absolute Gasteiger partial charge is 0.372 e. The van der Waals surface area contributed by atoms with Gasteiger partial charge in [0, 0.05) is 57.1 Å². The molecule has 1 aromatic carbocycles. The molecule has 1 N–H and O–H groups in total. The molecule has 2 aliphatic heterocycles. The standard InChI is InChI=1S/C27H23F3N10O/c1-36-6-4-16-11-21(37-7-9-38(10-8-37)26(41)40-14-17(13-31)34-35-40)39-5-2-3-18(24(16)39)22-19(27(28,29)30)12-20-23(25(22)36)33-15-32-20/h2-3,5,11-12,14-15H,4,6-10H2,1H3,(H,32,33). The number of amides is 1. The third-order valence-electron chi connectivity index (χ3n) is 7.89. The number of piperazine rings is 1. The van der Waals surface area contributed by atoms with E-state index in [1.54, 1.807) is 24.1 Å². The number of nitrogens with zero attached hydrogens (tertiary/aromatic N) is 9. The maximum absolute atomic E-state index is 14.5. The van der Waals surface area contributed by atoms with Crippen molar-refractivity contribution in [2.24, 2.45) is 0 Å². The molecule has 0 saturated carbocycles. The molecule has 4 aromatic heterocycles. The lowest BCUT2D eigenvalue weighted by Gasteiger charge is -2.35. The zero-order valence-electron chi connectivity index (χ0n) is 21.9. The predicted molar refractivity (Wildman–Crippen MR) is 144 cm³/mol. The Balaban J connectivity index is 1.30. The number of hydrogen-bond donors (Lipinski definition) is 1. The van der Waals surface area contributed by atoms with Gasteiger partial charge in [0.1, 0.15) is 17.4 Å². The van der Waals surface area contributed by atoms with Crippen LogP contribution >= 0.6 is 0 Å². The first-order chi connectivity index (χ1) is 19.7. The number of fused-ring (bicyclic) bond motifs is 4. The van der Waals surface area contributed by atoms with E-state index in [1.807, 2.05) is 27.6 Å². The van der Waals surface area contributed by atoms with Crippen LogP contribution in [0.25, 0.3) is 27.7 Å². The lowest BCUT2D eigenvalue weighted by molar-refractivity contribution is -0.137. The highest BCUT2D eigenvalue weighted by molar-refractivity contribution is 6.04. The molecular weight excluding hydrogens is 537 g/mol. The van der Waals surface area contributed by atoms with E-state index < -0.39 is 11.7 Å². The third-order valence-corrected chi connectivity index (χ3v) is 7.89. The van der Waals surface area contributed by atoms with Crippen molar-refractivity contribution < 1.29 is 18.0 Å². The normalized spacial score (nSPS) is 15.6. The summed E-state index contributed by atoms with van der Waals surface area (Å²) in [7, 11) is 1.81. The zero-order valence-corrected chi connectivity index (χ0v) is 21.9. The number of imidazole rings is 1. The number of carbonyl (C=O) groups is 1. The van der Waals surface area contributed by atoms with Gasteiger partial charge in [-0.05, 0) is 30.2 Å². The van der Waals surface area contributed by atoms with Crippen molar-refractivity contribution in [1.82, 2.24) is 34.3 Å². The SMILES string of the molecule is CN1CCc2cc(N3CCN(C(=O)n4cc(C#N)nn4)CC3)n3cccc(c23)-c2c(C(F)(F)F)cc3[nH]cnc3c21. The second kappa shape index (κ2) is 8.98. The number of rotatable bonds is 1. The number of hydrogen-bond acceptors (Lipinski definition) is 7.